The predicted octanol–water partition coefficient (Wildman–Crippen LogP) is 4.33. The van der Waals surface area contributed by atoms with Gasteiger partial charge in [0.05, 0.1) is 17.3 Å². The first kappa shape index (κ1) is 23.2. The number of hydrogen-bond acceptors (Lipinski definition) is 4. The van der Waals surface area contributed by atoms with Crippen molar-refractivity contribution in [1.29, 1.82) is 0 Å². The van der Waals surface area contributed by atoms with Crippen molar-refractivity contribution >= 4 is 45.8 Å². The average molecular weight is 455 g/mol. The molecule has 0 aliphatic carbocycles. The Morgan fingerprint density at radius 3 is 2.47 bits per heavy atom. The lowest BCUT2D eigenvalue weighted by Crippen LogP contribution is -2.31. The molecule has 0 saturated carbocycles. The number of amides is 2. The van der Waals surface area contributed by atoms with Crippen molar-refractivity contribution in [3.63, 3.8) is 0 Å². The van der Waals surface area contributed by atoms with Crippen LogP contribution in [0.5, 0.6) is 0 Å². The van der Waals surface area contributed by atoms with Crippen LogP contribution >= 0.6 is 11.6 Å². The summed E-state index contributed by atoms with van der Waals surface area (Å²) in [6.07, 6.45) is 0. The Hall–Kier alpha value is -3.42. The van der Waals surface area contributed by atoms with Crippen molar-refractivity contribution in [1.82, 2.24) is 5.32 Å². The zero-order chi connectivity index (χ0) is 23.3. The second-order valence-corrected chi connectivity index (χ2v) is 7.79. The van der Waals surface area contributed by atoms with Crippen LogP contribution < -0.4 is 10.6 Å². The fourth-order valence-corrected chi connectivity index (χ4v) is 3.75. The minimum Gasteiger partial charge on any atom is -0.478 e. The van der Waals surface area contributed by atoms with Crippen molar-refractivity contribution in [2.75, 3.05) is 18.5 Å². The number of carbonyl (C=O) groups excluding carboxylic acids is 2. The Bertz CT molecular complexity index is 1170. The van der Waals surface area contributed by atoms with E-state index in [9.17, 15) is 19.5 Å². The van der Waals surface area contributed by atoms with E-state index in [1.165, 1.54) is 6.07 Å². The number of fused-ring (bicyclic) bond motifs is 1. The largest absolute Gasteiger partial charge is 0.478 e. The van der Waals surface area contributed by atoms with Crippen LogP contribution in [0.4, 0.5) is 5.69 Å². The highest BCUT2D eigenvalue weighted by Gasteiger charge is 2.17. The number of ether oxygens (including phenoxy) is 1. The van der Waals surface area contributed by atoms with Crippen LogP contribution in [0.3, 0.4) is 0 Å². The van der Waals surface area contributed by atoms with Gasteiger partial charge in [-0.3, -0.25) is 9.59 Å². The maximum absolute atomic E-state index is 12.3. The number of carboxylic acid groups (broad SMARTS) is 1. The molecule has 8 heteroatoms. The van der Waals surface area contributed by atoms with Crippen molar-refractivity contribution in [3.8, 4) is 0 Å². The van der Waals surface area contributed by atoms with E-state index >= 15 is 0 Å². The summed E-state index contributed by atoms with van der Waals surface area (Å²) in [5, 5.41) is 17.1. The van der Waals surface area contributed by atoms with Crippen LogP contribution in [0.25, 0.3) is 10.8 Å². The predicted molar refractivity (Wildman–Crippen MR) is 123 cm³/mol. The Morgan fingerprint density at radius 1 is 1.03 bits per heavy atom. The molecule has 0 fully saturated rings. The van der Waals surface area contributed by atoms with E-state index in [1.54, 1.807) is 13.0 Å². The Morgan fingerprint density at radius 2 is 1.72 bits per heavy atom. The molecule has 3 aromatic rings. The molecule has 0 radical (unpaired) electrons. The van der Waals surface area contributed by atoms with Gasteiger partial charge in [-0.1, -0.05) is 54.1 Å². The summed E-state index contributed by atoms with van der Waals surface area (Å²) in [4.78, 5) is 35.9. The summed E-state index contributed by atoms with van der Waals surface area (Å²) < 4.78 is 5.22. The molecule has 0 aliphatic rings. The monoisotopic (exact) mass is 454 g/mol. The molecule has 7 nitrogen and oxygen atoms in total. The van der Waals surface area contributed by atoms with Crippen molar-refractivity contribution < 1.29 is 24.2 Å². The van der Waals surface area contributed by atoms with E-state index in [0.717, 1.165) is 16.3 Å². The molecule has 0 aromatic heterocycles. The fourth-order valence-electron chi connectivity index (χ4n) is 3.48. The normalized spacial score (nSPS) is 11.7. The molecule has 3 aromatic carbocycles. The van der Waals surface area contributed by atoms with Crippen LogP contribution in [-0.4, -0.2) is 36.1 Å². The van der Waals surface area contributed by atoms with Gasteiger partial charge in [0.15, 0.2) is 0 Å². The van der Waals surface area contributed by atoms with Gasteiger partial charge in [0.25, 0.3) is 0 Å². The van der Waals surface area contributed by atoms with Gasteiger partial charge in [0.2, 0.25) is 11.8 Å². The first-order chi connectivity index (χ1) is 15.3. The number of aromatic carboxylic acids is 1. The molecule has 0 spiro atoms. The van der Waals surface area contributed by atoms with Crippen LogP contribution in [0.1, 0.15) is 34.5 Å². The van der Waals surface area contributed by atoms with Gasteiger partial charge < -0.3 is 20.5 Å². The maximum Gasteiger partial charge on any atom is 0.337 e. The number of carbonyl (C=O) groups is 3. The maximum atomic E-state index is 12.3. The average Bonchev–Trinajstić information content (AvgIpc) is 2.74. The molecule has 3 N–H and O–H groups in total. The number of halogens is 1. The first-order valence-electron chi connectivity index (χ1n) is 9.94. The van der Waals surface area contributed by atoms with Gasteiger partial charge in [-0.15, -0.1) is 0 Å². The third-order valence-corrected chi connectivity index (χ3v) is 5.15. The van der Waals surface area contributed by atoms with E-state index < -0.39 is 18.5 Å². The lowest BCUT2D eigenvalue weighted by molar-refractivity contribution is -0.129. The number of nitrogens with one attached hydrogen (secondary N) is 2. The molecule has 0 saturated heterocycles. The third-order valence-electron chi connectivity index (χ3n) is 4.93. The number of rotatable bonds is 8. The minimum absolute atomic E-state index is 0.120. The number of benzene rings is 3. The van der Waals surface area contributed by atoms with E-state index in [2.05, 4.69) is 10.6 Å². The zero-order valence-electron chi connectivity index (χ0n) is 17.6. The Kier molecular flexibility index (Phi) is 7.45. The lowest BCUT2D eigenvalue weighted by Gasteiger charge is -2.17. The second-order valence-electron chi connectivity index (χ2n) is 7.35. The van der Waals surface area contributed by atoms with Gasteiger partial charge in [0.1, 0.15) is 13.2 Å². The third kappa shape index (κ3) is 5.63. The standard InChI is InChI=1S/C24H23ClN2O5/c1-14-10-17(25)11-20(24(30)31)23(14)27-22(29)13-32-12-21(28)26-15(2)18-9-5-7-16-6-3-4-8-19(16)18/h3-11,15H,12-13H2,1-2H3,(H,26,28)(H,27,29)(H,30,31). The molecule has 1 atom stereocenters. The quantitative estimate of drug-likeness (QED) is 0.469. The fraction of sp³-hybridized carbons (Fsp3) is 0.208. The zero-order valence-corrected chi connectivity index (χ0v) is 18.4. The molecule has 3 rings (SSSR count). The topological polar surface area (TPSA) is 105 Å². The van der Waals surface area contributed by atoms with Gasteiger partial charge in [-0.05, 0) is 47.9 Å². The van der Waals surface area contributed by atoms with E-state index in [0.29, 0.717) is 5.56 Å². The SMILES string of the molecule is Cc1cc(Cl)cc(C(=O)O)c1NC(=O)COCC(=O)NC(C)c1cccc2ccccc12. The Labute approximate surface area is 190 Å². The van der Waals surface area contributed by atoms with Gasteiger partial charge in [-0.25, -0.2) is 4.79 Å². The molecule has 0 heterocycles. The first-order valence-corrected chi connectivity index (χ1v) is 10.3. The number of anilines is 1. The molecular weight excluding hydrogens is 432 g/mol. The summed E-state index contributed by atoms with van der Waals surface area (Å²) in [7, 11) is 0. The highest BCUT2D eigenvalue weighted by molar-refractivity contribution is 6.31. The molecule has 0 bridgehead atoms. The molecule has 32 heavy (non-hydrogen) atoms. The van der Waals surface area contributed by atoms with Crippen LogP contribution in [-0.2, 0) is 14.3 Å². The lowest BCUT2D eigenvalue weighted by atomic mass is 10.00. The molecule has 0 aliphatic heterocycles. The smallest absolute Gasteiger partial charge is 0.337 e. The summed E-state index contributed by atoms with van der Waals surface area (Å²) in [5.41, 5.74) is 1.51. The van der Waals surface area contributed by atoms with Crippen LogP contribution in [0.2, 0.25) is 5.02 Å². The number of aryl methyl sites for hydroxylation is 1. The van der Waals surface area contributed by atoms with Crippen molar-refractivity contribution in [3.05, 3.63) is 76.3 Å². The summed E-state index contributed by atoms with van der Waals surface area (Å²) >= 11 is 5.89. The highest BCUT2D eigenvalue weighted by Crippen LogP contribution is 2.26. The van der Waals surface area contributed by atoms with Crippen molar-refractivity contribution in [2.45, 2.75) is 19.9 Å². The summed E-state index contributed by atoms with van der Waals surface area (Å²) in [6, 6.07) is 16.4. The van der Waals surface area contributed by atoms with Crippen molar-refractivity contribution in [2.24, 2.45) is 0 Å². The van der Waals surface area contributed by atoms with E-state index in [4.69, 9.17) is 16.3 Å². The van der Waals surface area contributed by atoms with Crippen LogP contribution in [0, 0.1) is 6.92 Å². The van der Waals surface area contributed by atoms with E-state index in [1.807, 2.05) is 49.4 Å². The Balaban J connectivity index is 1.54. The summed E-state index contributed by atoms with van der Waals surface area (Å²) in [6.45, 7) is 2.80. The van der Waals surface area contributed by atoms with Crippen LogP contribution in [0.15, 0.2) is 54.6 Å². The van der Waals surface area contributed by atoms with Gasteiger partial charge >= 0.3 is 5.97 Å². The highest BCUT2D eigenvalue weighted by atomic mass is 35.5. The number of carboxylic acids is 1. The molecular formula is C24H23ClN2O5. The molecule has 1 unspecified atom stereocenters. The molecule has 2 amide bonds. The van der Waals surface area contributed by atoms with Gasteiger partial charge in [-0.2, -0.15) is 0 Å². The van der Waals surface area contributed by atoms with E-state index in [-0.39, 0.29) is 34.8 Å². The number of hydrogen-bond donors (Lipinski definition) is 3. The minimum atomic E-state index is -1.21. The molecule has 166 valence electrons. The summed E-state index contributed by atoms with van der Waals surface area (Å²) in [5.74, 6) is -2.16. The van der Waals surface area contributed by atoms with Gasteiger partial charge in [0, 0.05) is 5.02 Å². The second kappa shape index (κ2) is 10.3.